The lowest BCUT2D eigenvalue weighted by molar-refractivity contribution is 0.0980. The van der Waals surface area contributed by atoms with Crippen LogP contribution in [-0.2, 0) is 6.42 Å². The Morgan fingerprint density at radius 3 is 2.79 bits per heavy atom. The Labute approximate surface area is 169 Å². The molecule has 0 radical (unpaired) electrons. The van der Waals surface area contributed by atoms with Crippen molar-refractivity contribution < 1.29 is 14.3 Å². The van der Waals surface area contributed by atoms with Crippen LogP contribution in [0.2, 0.25) is 0 Å². The van der Waals surface area contributed by atoms with Crippen LogP contribution in [0.1, 0.15) is 22.5 Å². The van der Waals surface area contributed by atoms with E-state index in [4.69, 9.17) is 9.47 Å². The van der Waals surface area contributed by atoms with Gasteiger partial charge in [-0.3, -0.25) is 4.79 Å². The van der Waals surface area contributed by atoms with Gasteiger partial charge in [0.15, 0.2) is 0 Å². The molecule has 1 N–H and O–H groups in total. The van der Waals surface area contributed by atoms with Crippen molar-refractivity contribution in [1.29, 1.82) is 0 Å². The van der Waals surface area contributed by atoms with Crippen LogP contribution in [0.4, 0.5) is 17.3 Å². The summed E-state index contributed by atoms with van der Waals surface area (Å²) in [5, 5.41) is 3.12. The summed E-state index contributed by atoms with van der Waals surface area (Å²) in [4.78, 5) is 23.6. The molecule has 0 aliphatic carbocycles. The quantitative estimate of drug-likeness (QED) is 0.714. The summed E-state index contributed by atoms with van der Waals surface area (Å²) in [6.45, 7) is 0.676. The standard InChI is InChI=1S/C22H22N4O3/c1-28-16-9-10-17(20(14-16)29-2)24-22-23-12-11-18(25-22)21(27)26-13-5-7-15-6-3-4-8-19(15)26/h3-4,6,8-12,14H,5,7,13H2,1-2H3,(H,23,24,25). The first-order valence-electron chi connectivity index (χ1n) is 9.41. The molecule has 0 unspecified atom stereocenters. The topological polar surface area (TPSA) is 76.6 Å². The zero-order valence-electron chi connectivity index (χ0n) is 16.4. The normalized spacial score (nSPS) is 12.8. The van der Waals surface area contributed by atoms with Crippen LogP contribution in [0.25, 0.3) is 0 Å². The summed E-state index contributed by atoms with van der Waals surface area (Å²) >= 11 is 0. The fraction of sp³-hybridized carbons (Fsp3) is 0.227. The Kier molecular flexibility index (Phi) is 5.29. The number of ether oxygens (including phenoxy) is 2. The van der Waals surface area contributed by atoms with Gasteiger partial charge < -0.3 is 19.7 Å². The fourth-order valence-corrected chi connectivity index (χ4v) is 3.44. The van der Waals surface area contributed by atoms with Crippen LogP contribution >= 0.6 is 0 Å². The van der Waals surface area contributed by atoms with Gasteiger partial charge in [-0.05, 0) is 42.7 Å². The highest BCUT2D eigenvalue weighted by atomic mass is 16.5. The number of amides is 1. The average molecular weight is 390 g/mol. The molecular weight excluding hydrogens is 368 g/mol. The number of hydrogen-bond acceptors (Lipinski definition) is 6. The highest BCUT2D eigenvalue weighted by molar-refractivity contribution is 6.05. The maximum absolute atomic E-state index is 13.1. The third-order valence-corrected chi connectivity index (χ3v) is 4.89. The molecule has 0 saturated heterocycles. The zero-order chi connectivity index (χ0) is 20.2. The lowest BCUT2D eigenvalue weighted by atomic mass is 10.0. The summed E-state index contributed by atoms with van der Waals surface area (Å²) < 4.78 is 10.6. The molecule has 0 saturated carbocycles. The average Bonchev–Trinajstić information content (AvgIpc) is 2.78. The van der Waals surface area contributed by atoms with Crippen molar-refractivity contribution in [3.63, 3.8) is 0 Å². The van der Waals surface area contributed by atoms with Crippen molar-refractivity contribution in [3.05, 3.63) is 66.0 Å². The second kappa shape index (κ2) is 8.18. The van der Waals surface area contributed by atoms with Crippen LogP contribution in [-0.4, -0.2) is 36.6 Å². The molecule has 4 rings (SSSR count). The van der Waals surface area contributed by atoms with Gasteiger partial charge in [0.1, 0.15) is 17.2 Å². The predicted octanol–water partition coefficient (Wildman–Crippen LogP) is 3.83. The van der Waals surface area contributed by atoms with Gasteiger partial charge in [0.05, 0.1) is 19.9 Å². The summed E-state index contributed by atoms with van der Waals surface area (Å²) in [5.41, 5.74) is 3.16. The predicted molar refractivity (Wildman–Crippen MR) is 111 cm³/mol. The maximum atomic E-state index is 13.1. The number of benzene rings is 2. The van der Waals surface area contributed by atoms with E-state index in [2.05, 4.69) is 21.4 Å². The molecule has 1 aliphatic heterocycles. The van der Waals surface area contributed by atoms with Gasteiger partial charge in [0, 0.05) is 24.5 Å². The third-order valence-electron chi connectivity index (χ3n) is 4.89. The number of aromatic nitrogens is 2. The minimum absolute atomic E-state index is 0.135. The van der Waals surface area contributed by atoms with E-state index < -0.39 is 0 Å². The summed E-state index contributed by atoms with van der Waals surface area (Å²) in [6, 6.07) is 15.0. The Morgan fingerprint density at radius 1 is 1.10 bits per heavy atom. The van der Waals surface area contributed by atoms with Gasteiger partial charge in [-0.25, -0.2) is 9.97 Å². The number of rotatable bonds is 5. The minimum Gasteiger partial charge on any atom is -0.497 e. The number of para-hydroxylation sites is 1. The molecule has 2 aromatic carbocycles. The summed E-state index contributed by atoms with van der Waals surface area (Å²) in [6.07, 6.45) is 3.49. The van der Waals surface area contributed by atoms with Gasteiger partial charge in [-0.2, -0.15) is 0 Å². The van der Waals surface area contributed by atoms with Crippen LogP contribution < -0.4 is 19.7 Å². The molecule has 0 bridgehead atoms. The number of nitrogens with one attached hydrogen (secondary N) is 1. The van der Waals surface area contributed by atoms with Gasteiger partial charge in [0.2, 0.25) is 5.95 Å². The number of aryl methyl sites for hydroxylation is 1. The Bertz CT molecular complexity index is 1040. The van der Waals surface area contributed by atoms with Crippen molar-refractivity contribution in [2.75, 3.05) is 31.0 Å². The van der Waals surface area contributed by atoms with E-state index >= 15 is 0 Å². The van der Waals surface area contributed by atoms with Crippen LogP contribution in [0.3, 0.4) is 0 Å². The number of fused-ring (bicyclic) bond motifs is 1. The molecule has 2 heterocycles. The van der Waals surface area contributed by atoms with Gasteiger partial charge in [-0.1, -0.05) is 18.2 Å². The van der Waals surface area contributed by atoms with E-state index in [9.17, 15) is 4.79 Å². The highest BCUT2D eigenvalue weighted by Gasteiger charge is 2.24. The van der Waals surface area contributed by atoms with E-state index in [-0.39, 0.29) is 5.91 Å². The van der Waals surface area contributed by atoms with Gasteiger partial charge in [-0.15, -0.1) is 0 Å². The van der Waals surface area contributed by atoms with E-state index in [1.807, 2.05) is 30.3 Å². The van der Waals surface area contributed by atoms with Crippen LogP contribution in [0.5, 0.6) is 11.5 Å². The molecule has 0 fully saturated rings. The fourth-order valence-electron chi connectivity index (χ4n) is 3.44. The smallest absolute Gasteiger partial charge is 0.277 e. The molecule has 148 valence electrons. The van der Waals surface area contributed by atoms with Crippen molar-refractivity contribution in [2.24, 2.45) is 0 Å². The van der Waals surface area contributed by atoms with Crippen molar-refractivity contribution in [2.45, 2.75) is 12.8 Å². The van der Waals surface area contributed by atoms with Crippen molar-refractivity contribution in [1.82, 2.24) is 9.97 Å². The van der Waals surface area contributed by atoms with Crippen molar-refractivity contribution >= 4 is 23.2 Å². The number of carbonyl (C=O) groups excluding carboxylic acids is 1. The minimum atomic E-state index is -0.135. The number of carbonyl (C=O) groups is 1. The SMILES string of the molecule is COc1ccc(Nc2nccc(C(=O)N3CCCc4ccccc43)n2)c(OC)c1. The van der Waals surface area contributed by atoms with E-state index in [1.54, 1.807) is 37.4 Å². The molecule has 7 nitrogen and oxygen atoms in total. The Hall–Kier alpha value is -3.61. The second-order valence-corrected chi connectivity index (χ2v) is 6.65. The first-order valence-corrected chi connectivity index (χ1v) is 9.41. The van der Waals surface area contributed by atoms with Gasteiger partial charge >= 0.3 is 0 Å². The van der Waals surface area contributed by atoms with Crippen LogP contribution in [0, 0.1) is 0 Å². The number of methoxy groups -OCH3 is 2. The van der Waals surface area contributed by atoms with E-state index in [0.29, 0.717) is 35.4 Å². The second-order valence-electron chi connectivity index (χ2n) is 6.65. The molecule has 29 heavy (non-hydrogen) atoms. The van der Waals surface area contributed by atoms with Crippen molar-refractivity contribution in [3.8, 4) is 11.5 Å². The molecule has 0 atom stereocenters. The summed E-state index contributed by atoms with van der Waals surface area (Å²) in [5.74, 6) is 1.46. The number of anilines is 3. The van der Waals surface area contributed by atoms with E-state index in [1.165, 1.54) is 5.56 Å². The van der Waals surface area contributed by atoms with Gasteiger partial charge in [0.25, 0.3) is 5.91 Å². The lowest BCUT2D eigenvalue weighted by Crippen LogP contribution is -2.36. The molecule has 7 heteroatoms. The molecule has 1 amide bonds. The third kappa shape index (κ3) is 3.85. The molecule has 3 aromatic rings. The Morgan fingerprint density at radius 2 is 1.97 bits per heavy atom. The zero-order valence-corrected chi connectivity index (χ0v) is 16.4. The number of nitrogens with zero attached hydrogens (tertiary/aromatic N) is 3. The largest absolute Gasteiger partial charge is 0.497 e. The molecule has 1 aromatic heterocycles. The molecular formula is C22H22N4O3. The van der Waals surface area contributed by atoms with Crippen LogP contribution in [0.15, 0.2) is 54.7 Å². The first-order chi connectivity index (χ1) is 14.2. The summed E-state index contributed by atoms with van der Waals surface area (Å²) in [7, 11) is 3.17. The highest BCUT2D eigenvalue weighted by Crippen LogP contribution is 2.31. The Balaban J connectivity index is 1.59. The first kappa shape index (κ1) is 18.7. The molecule has 0 spiro atoms. The lowest BCUT2D eigenvalue weighted by Gasteiger charge is -2.29. The maximum Gasteiger partial charge on any atom is 0.277 e. The number of hydrogen-bond donors (Lipinski definition) is 1. The van der Waals surface area contributed by atoms with E-state index in [0.717, 1.165) is 18.5 Å². The monoisotopic (exact) mass is 390 g/mol. The molecule has 1 aliphatic rings.